The third-order valence-electron chi connectivity index (χ3n) is 3.12. The Balaban J connectivity index is 2.13. The Morgan fingerprint density at radius 3 is 2.64 bits per heavy atom. The average Bonchev–Trinajstić information content (AvgIpc) is 2.59. The standard InChI is InChI=1S/C8H16O2Si/c1-11(2,9)8-6-4-3-5-7(8)10-8/h7,9H,3-6H2,1-2H3. The zero-order valence-electron chi connectivity index (χ0n) is 7.26. The summed E-state index contributed by atoms with van der Waals surface area (Å²) in [5.74, 6) is 0. The number of hydrogen-bond acceptors (Lipinski definition) is 2. The van der Waals surface area contributed by atoms with Gasteiger partial charge in [0.1, 0.15) is 5.22 Å². The summed E-state index contributed by atoms with van der Waals surface area (Å²) < 4.78 is 5.64. The molecule has 1 saturated carbocycles. The van der Waals surface area contributed by atoms with Gasteiger partial charge in [0.15, 0.2) is 0 Å². The highest BCUT2D eigenvalue weighted by atomic mass is 28.4. The van der Waals surface area contributed by atoms with Crippen molar-refractivity contribution in [1.82, 2.24) is 0 Å². The second-order valence-electron chi connectivity index (χ2n) is 4.30. The van der Waals surface area contributed by atoms with Crippen LogP contribution in [0.2, 0.25) is 13.1 Å². The summed E-state index contributed by atoms with van der Waals surface area (Å²) in [6, 6.07) is 0. The van der Waals surface area contributed by atoms with Crippen LogP contribution in [-0.2, 0) is 4.74 Å². The zero-order chi connectivity index (χ0) is 8.11. The van der Waals surface area contributed by atoms with Crippen molar-refractivity contribution in [3.8, 4) is 0 Å². The van der Waals surface area contributed by atoms with Gasteiger partial charge < -0.3 is 9.53 Å². The molecule has 0 amide bonds. The van der Waals surface area contributed by atoms with Gasteiger partial charge >= 0.3 is 0 Å². The minimum Gasteiger partial charge on any atom is -0.429 e. The third kappa shape index (κ3) is 0.982. The van der Waals surface area contributed by atoms with Crippen LogP contribution in [0.1, 0.15) is 25.7 Å². The maximum absolute atomic E-state index is 9.96. The van der Waals surface area contributed by atoms with E-state index in [1.54, 1.807) is 0 Å². The second-order valence-corrected chi connectivity index (χ2v) is 8.27. The van der Waals surface area contributed by atoms with Crippen LogP contribution in [0, 0.1) is 0 Å². The first kappa shape index (κ1) is 7.77. The Kier molecular flexibility index (Phi) is 1.47. The fraction of sp³-hybridized carbons (Fsp3) is 1.00. The molecule has 0 bridgehead atoms. The molecule has 2 unspecified atom stereocenters. The molecule has 2 rings (SSSR count). The smallest absolute Gasteiger partial charge is 0.217 e. The van der Waals surface area contributed by atoms with E-state index < -0.39 is 8.32 Å². The van der Waals surface area contributed by atoms with Gasteiger partial charge in [-0.3, -0.25) is 0 Å². The molecule has 0 aromatic rings. The number of ether oxygens (including phenoxy) is 1. The molecule has 3 heteroatoms. The van der Waals surface area contributed by atoms with Crippen LogP contribution >= 0.6 is 0 Å². The lowest BCUT2D eigenvalue weighted by molar-refractivity contribution is 0.319. The van der Waals surface area contributed by atoms with Gasteiger partial charge in [0.2, 0.25) is 8.32 Å². The molecule has 2 fully saturated rings. The Morgan fingerprint density at radius 1 is 1.45 bits per heavy atom. The van der Waals surface area contributed by atoms with Crippen LogP contribution in [0.3, 0.4) is 0 Å². The number of fused-ring (bicyclic) bond motifs is 1. The summed E-state index contributed by atoms with van der Waals surface area (Å²) in [5.41, 5.74) is 0. The van der Waals surface area contributed by atoms with Gasteiger partial charge in [0.25, 0.3) is 0 Å². The molecular weight excluding hydrogens is 156 g/mol. The summed E-state index contributed by atoms with van der Waals surface area (Å²) in [5, 5.41) is -0.0226. The van der Waals surface area contributed by atoms with Crippen LogP contribution in [0.15, 0.2) is 0 Å². The number of epoxide rings is 1. The highest BCUT2D eigenvalue weighted by Crippen LogP contribution is 2.52. The molecular formula is C8H16O2Si. The van der Waals surface area contributed by atoms with E-state index in [4.69, 9.17) is 4.74 Å². The van der Waals surface area contributed by atoms with Gasteiger partial charge in [-0.25, -0.2) is 0 Å². The highest BCUT2D eigenvalue weighted by molar-refractivity contribution is 6.73. The second kappa shape index (κ2) is 2.09. The first-order valence-corrected chi connectivity index (χ1v) is 7.41. The quantitative estimate of drug-likeness (QED) is 0.479. The molecule has 64 valence electrons. The predicted molar refractivity (Wildman–Crippen MR) is 45.8 cm³/mol. The molecule has 1 heterocycles. The molecule has 1 aliphatic heterocycles. The van der Waals surface area contributed by atoms with Crippen molar-refractivity contribution in [3.63, 3.8) is 0 Å². The monoisotopic (exact) mass is 172 g/mol. The summed E-state index contributed by atoms with van der Waals surface area (Å²) in [6.07, 6.45) is 5.23. The molecule has 2 aliphatic rings. The summed E-state index contributed by atoms with van der Waals surface area (Å²) in [7, 11) is -2.03. The third-order valence-corrected chi connectivity index (χ3v) is 5.88. The largest absolute Gasteiger partial charge is 0.429 e. The van der Waals surface area contributed by atoms with E-state index in [0.717, 1.165) is 6.42 Å². The van der Waals surface area contributed by atoms with Crippen LogP contribution in [-0.4, -0.2) is 24.4 Å². The van der Waals surface area contributed by atoms with E-state index in [0.29, 0.717) is 6.10 Å². The topological polar surface area (TPSA) is 32.8 Å². The van der Waals surface area contributed by atoms with Crippen molar-refractivity contribution in [1.29, 1.82) is 0 Å². The molecule has 0 aromatic carbocycles. The van der Waals surface area contributed by atoms with E-state index >= 15 is 0 Å². The van der Waals surface area contributed by atoms with Crippen molar-refractivity contribution in [2.24, 2.45) is 0 Å². The molecule has 0 spiro atoms. The van der Waals surface area contributed by atoms with E-state index in [9.17, 15) is 4.80 Å². The molecule has 1 aliphatic carbocycles. The molecule has 1 saturated heterocycles. The van der Waals surface area contributed by atoms with Crippen molar-refractivity contribution < 1.29 is 9.53 Å². The van der Waals surface area contributed by atoms with E-state index in [-0.39, 0.29) is 5.22 Å². The molecule has 2 nitrogen and oxygen atoms in total. The van der Waals surface area contributed by atoms with Crippen LogP contribution in [0.25, 0.3) is 0 Å². The maximum atomic E-state index is 9.96. The van der Waals surface area contributed by atoms with Gasteiger partial charge in [0, 0.05) is 0 Å². The van der Waals surface area contributed by atoms with E-state index in [2.05, 4.69) is 0 Å². The van der Waals surface area contributed by atoms with E-state index in [1.165, 1.54) is 19.3 Å². The van der Waals surface area contributed by atoms with Crippen molar-refractivity contribution in [2.45, 2.75) is 50.1 Å². The normalized spacial score (nSPS) is 43.4. The highest BCUT2D eigenvalue weighted by Gasteiger charge is 2.66. The Morgan fingerprint density at radius 2 is 2.18 bits per heavy atom. The summed E-state index contributed by atoms with van der Waals surface area (Å²) in [4.78, 5) is 9.96. The Labute approximate surface area is 68.7 Å². The van der Waals surface area contributed by atoms with Gasteiger partial charge in [-0.15, -0.1) is 0 Å². The zero-order valence-corrected chi connectivity index (χ0v) is 8.26. The first-order valence-electron chi connectivity index (χ1n) is 4.46. The average molecular weight is 172 g/mol. The van der Waals surface area contributed by atoms with Gasteiger partial charge in [-0.2, -0.15) is 0 Å². The lowest BCUT2D eigenvalue weighted by Gasteiger charge is -2.26. The molecule has 2 atom stereocenters. The molecule has 0 aromatic heterocycles. The minimum atomic E-state index is -2.03. The van der Waals surface area contributed by atoms with E-state index in [1.807, 2.05) is 13.1 Å². The fourth-order valence-electron chi connectivity index (χ4n) is 2.29. The summed E-state index contributed by atoms with van der Waals surface area (Å²) >= 11 is 0. The maximum Gasteiger partial charge on any atom is 0.217 e. The molecule has 11 heavy (non-hydrogen) atoms. The Bertz CT molecular complexity index is 175. The van der Waals surface area contributed by atoms with Crippen LogP contribution in [0.5, 0.6) is 0 Å². The van der Waals surface area contributed by atoms with Crippen LogP contribution < -0.4 is 0 Å². The lowest BCUT2D eigenvalue weighted by atomic mass is 10.0. The van der Waals surface area contributed by atoms with Gasteiger partial charge in [0.05, 0.1) is 6.10 Å². The number of hydrogen-bond donors (Lipinski definition) is 1. The predicted octanol–water partition coefficient (Wildman–Crippen LogP) is 1.43. The lowest BCUT2D eigenvalue weighted by Crippen LogP contribution is -2.48. The SMILES string of the molecule is C[Si](C)(O)C12CCCCC1O2. The van der Waals surface area contributed by atoms with Crippen molar-refractivity contribution in [3.05, 3.63) is 0 Å². The number of rotatable bonds is 1. The van der Waals surface area contributed by atoms with Crippen molar-refractivity contribution >= 4 is 8.32 Å². The Hall–Kier alpha value is 0.137. The van der Waals surface area contributed by atoms with Crippen LogP contribution in [0.4, 0.5) is 0 Å². The summed E-state index contributed by atoms with van der Waals surface area (Å²) in [6.45, 7) is 4.00. The first-order chi connectivity index (χ1) is 5.06. The fourth-order valence-corrected chi connectivity index (χ4v) is 4.44. The molecule has 1 N–H and O–H groups in total. The van der Waals surface area contributed by atoms with Crippen molar-refractivity contribution in [2.75, 3.05) is 0 Å². The minimum absolute atomic E-state index is 0.0226. The van der Waals surface area contributed by atoms with Gasteiger partial charge in [-0.05, 0) is 25.9 Å². The van der Waals surface area contributed by atoms with Gasteiger partial charge in [-0.1, -0.05) is 12.8 Å². The molecule has 0 radical (unpaired) electrons.